The molecule has 0 radical (unpaired) electrons. The van der Waals surface area contributed by atoms with Crippen molar-refractivity contribution in [3.8, 4) is 5.75 Å². The molecule has 1 aromatic heterocycles. The molecule has 5 nitrogen and oxygen atoms in total. The maximum atomic E-state index is 12.5. The average Bonchev–Trinajstić information content (AvgIpc) is 3.23. The van der Waals surface area contributed by atoms with Crippen LogP contribution < -0.4 is 10.1 Å². The number of benzene rings is 1. The summed E-state index contributed by atoms with van der Waals surface area (Å²) in [6, 6.07) is 11.1. The molecule has 2 aromatic rings. The third-order valence-corrected chi connectivity index (χ3v) is 5.83. The van der Waals surface area contributed by atoms with Gasteiger partial charge in [0.05, 0.1) is 17.7 Å². The molecule has 0 bridgehead atoms. The number of rotatable bonds is 6. The highest BCUT2D eigenvalue weighted by Crippen LogP contribution is 2.33. The predicted molar refractivity (Wildman–Crippen MR) is 110 cm³/mol. The number of nitrogens with one attached hydrogen (secondary N) is 1. The van der Waals surface area contributed by atoms with E-state index in [1.807, 2.05) is 35.7 Å². The molecule has 1 aliphatic heterocycles. The van der Waals surface area contributed by atoms with Crippen LogP contribution in [-0.4, -0.2) is 34.7 Å². The summed E-state index contributed by atoms with van der Waals surface area (Å²) in [6.07, 6.45) is 1.98. The number of thiophene rings is 1. The number of para-hydroxylation sites is 2. The van der Waals surface area contributed by atoms with Crippen LogP contribution in [0.2, 0.25) is 0 Å². The summed E-state index contributed by atoms with van der Waals surface area (Å²) in [4.78, 5) is 27.8. The number of methoxy groups -OCH3 is 1. The molecule has 0 aliphatic carbocycles. The van der Waals surface area contributed by atoms with Crippen molar-refractivity contribution < 1.29 is 14.3 Å². The van der Waals surface area contributed by atoms with Crippen LogP contribution in [0, 0.1) is 0 Å². The molecule has 1 N–H and O–H groups in total. The summed E-state index contributed by atoms with van der Waals surface area (Å²) < 4.78 is 5.69. The zero-order valence-electron chi connectivity index (χ0n) is 13.9. The third-order valence-electron chi connectivity index (χ3n) is 3.63. The smallest absolute Gasteiger partial charge is 0.266 e. The van der Waals surface area contributed by atoms with Gasteiger partial charge in [-0.2, -0.15) is 0 Å². The number of amides is 2. The Kier molecular flexibility index (Phi) is 6.08. The lowest BCUT2D eigenvalue weighted by molar-refractivity contribution is -0.122. The Hall–Kier alpha value is -2.16. The van der Waals surface area contributed by atoms with E-state index in [9.17, 15) is 9.59 Å². The molecule has 8 heteroatoms. The number of hydrogen-bond acceptors (Lipinski definition) is 6. The van der Waals surface area contributed by atoms with Gasteiger partial charge in [0.15, 0.2) is 0 Å². The molecular weight excluding hydrogens is 388 g/mol. The van der Waals surface area contributed by atoms with Crippen LogP contribution in [0.4, 0.5) is 5.69 Å². The lowest BCUT2D eigenvalue weighted by Crippen LogP contribution is -2.31. The highest BCUT2D eigenvalue weighted by molar-refractivity contribution is 8.26. The minimum absolute atomic E-state index is 0.150. The number of thioether (sulfide) groups is 1. The van der Waals surface area contributed by atoms with Gasteiger partial charge in [-0.05, 0) is 29.7 Å². The van der Waals surface area contributed by atoms with Gasteiger partial charge in [-0.3, -0.25) is 14.5 Å². The average molecular weight is 405 g/mol. The van der Waals surface area contributed by atoms with Crippen molar-refractivity contribution >= 4 is 63.2 Å². The minimum Gasteiger partial charge on any atom is -0.495 e. The molecular formula is C18H16N2O3S3. The van der Waals surface area contributed by atoms with E-state index in [-0.39, 0.29) is 24.8 Å². The van der Waals surface area contributed by atoms with E-state index in [0.29, 0.717) is 20.7 Å². The Morgan fingerprint density at radius 3 is 2.85 bits per heavy atom. The summed E-state index contributed by atoms with van der Waals surface area (Å²) >= 11 is 8.11. The molecule has 1 saturated heterocycles. The maximum Gasteiger partial charge on any atom is 0.266 e. The largest absolute Gasteiger partial charge is 0.495 e. The number of carbonyl (C=O) groups excluding carboxylic acids is 2. The number of hydrogen-bond donors (Lipinski definition) is 1. The lowest BCUT2D eigenvalue weighted by Gasteiger charge is -2.15. The summed E-state index contributed by atoms with van der Waals surface area (Å²) in [6.45, 7) is 0.243. The summed E-state index contributed by atoms with van der Waals surface area (Å²) in [5, 5.41) is 4.75. The molecule has 0 spiro atoms. The quantitative estimate of drug-likeness (QED) is 0.583. The highest BCUT2D eigenvalue weighted by Gasteiger charge is 2.32. The van der Waals surface area contributed by atoms with Crippen LogP contribution in [0.1, 0.15) is 11.3 Å². The summed E-state index contributed by atoms with van der Waals surface area (Å²) in [5.74, 6) is 0.231. The van der Waals surface area contributed by atoms with E-state index in [4.69, 9.17) is 17.0 Å². The van der Waals surface area contributed by atoms with Gasteiger partial charge in [0.2, 0.25) is 5.91 Å². The predicted octanol–water partition coefficient (Wildman–Crippen LogP) is 3.99. The van der Waals surface area contributed by atoms with Crippen LogP contribution in [0.25, 0.3) is 6.08 Å². The number of ether oxygens (including phenoxy) is 1. The molecule has 134 valence electrons. The van der Waals surface area contributed by atoms with Gasteiger partial charge in [0, 0.05) is 17.8 Å². The first-order valence-electron chi connectivity index (χ1n) is 7.80. The number of thiocarbonyl (C=S) groups is 1. The monoisotopic (exact) mass is 404 g/mol. The van der Waals surface area contributed by atoms with Gasteiger partial charge in [-0.1, -0.05) is 42.2 Å². The van der Waals surface area contributed by atoms with Gasteiger partial charge in [-0.15, -0.1) is 11.3 Å². The fraction of sp³-hybridized carbons (Fsp3) is 0.167. The first-order valence-corrected chi connectivity index (χ1v) is 9.90. The maximum absolute atomic E-state index is 12.5. The summed E-state index contributed by atoms with van der Waals surface area (Å²) in [5.41, 5.74) is 0.600. The SMILES string of the molecule is COc1ccccc1NC(=O)CCN1C(=O)/C(=C\c2cccs2)SC1=S. The van der Waals surface area contributed by atoms with Crippen LogP contribution in [0.15, 0.2) is 46.7 Å². The second-order valence-corrected chi connectivity index (χ2v) is 8.00. The summed E-state index contributed by atoms with van der Waals surface area (Å²) in [7, 11) is 1.55. The number of nitrogens with zero attached hydrogens (tertiary/aromatic N) is 1. The molecule has 2 heterocycles. The van der Waals surface area contributed by atoms with Crippen molar-refractivity contribution in [2.45, 2.75) is 6.42 Å². The molecule has 0 saturated carbocycles. The number of anilines is 1. The van der Waals surface area contributed by atoms with E-state index in [1.165, 1.54) is 16.7 Å². The molecule has 0 unspecified atom stereocenters. The van der Waals surface area contributed by atoms with Crippen molar-refractivity contribution in [2.24, 2.45) is 0 Å². The molecule has 2 amide bonds. The van der Waals surface area contributed by atoms with E-state index in [0.717, 1.165) is 4.88 Å². The Morgan fingerprint density at radius 1 is 1.31 bits per heavy atom. The Labute approximate surface area is 165 Å². The van der Waals surface area contributed by atoms with E-state index in [2.05, 4.69) is 5.32 Å². The zero-order chi connectivity index (χ0) is 18.5. The van der Waals surface area contributed by atoms with Gasteiger partial charge < -0.3 is 10.1 Å². The van der Waals surface area contributed by atoms with Crippen molar-refractivity contribution in [3.05, 3.63) is 51.6 Å². The van der Waals surface area contributed by atoms with Crippen molar-refractivity contribution in [3.63, 3.8) is 0 Å². The Bertz CT molecular complexity index is 862. The molecule has 0 atom stereocenters. The molecule has 1 aromatic carbocycles. The van der Waals surface area contributed by atoms with E-state index >= 15 is 0 Å². The van der Waals surface area contributed by atoms with Gasteiger partial charge in [0.25, 0.3) is 5.91 Å². The minimum atomic E-state index is -0.203. The lowest BCUT2D eigenvalue weighted by atomic mass is 10.2. The fourth-order valence-corrected chi connectivity index (χ4v) is 4.40. The second-order valence-electron chi connectivity index (χ2n) is 5.35. The Morgan fingerprint density at radius 2 is 2.12 bits per heavy atom. The normalized spacial score (nSPS) is 15.6. The van der Waals surface area contributed by atoms with Crippen LogP contribution in [0.5, 0.6) is 5.75 Å². The first kappa shape index (κ1) is 18.6. The highest BCUT2D eigenvalue weighted by atomic mass is 32.2. The number of carbonyl (C=O) groups is 2. The van der Waals surface area contributed by atoms with Gasteiger partial charge in [0.1, 0.15) is 10.1 Å². The topological polar surface area (TPSA) is 58.6 Å². The van der Waals surface area contributed by atoms with E-state index < -0.39 is 0 Å². The molecule has 26 heavy (non-hydrogen) atoms. The van der Waals surface area contributed by atoms with Crippen molar-refractivity contribution in [2.75, 3.05) is 19.0 Å². The standard InChI is InChI=1S/C18H16N2O3S3/c1-23-14-7-3-2-6-13(14)19-16(21)8-9-20-17(22)15(26-18(20)24)11-12-5-4-10-25-12/h2-7,10-11H,8-9H2,1H3,(H,19,21)/b15-11+. The van der Waals surface area contributed by atoms with Crippen LogP contribution >= 0.6 is 35.3 Å². The van der Waals surface area contributed by atoms with Crippen LogP contribution in [0.3, 0.4) is 0 Å². The Balaban J connectivity index is 1.60. The van der Waals surface area contributed by atoms with Crippen LogP contribution in [-0.2, 0) is 9.59 Å². The molecule has 3 rings (SSSR count). The fourth-order valence-electron chi connectivity index (χ4n) is 2.37. The third kappa shape index (κ3) is 4.32. The molecule has 1 fully saturated rings. The van der Waals surface area contributed by atoms with Gasteiger partial charge >= 0.3 is 0 Å². The van der Waals surface area contributed by atoms with Crippen molar-refractivity contribution in [1.29, 1.82) is 0 Å². The zero-order valence-corrected chi connectivity index (χ0v) is 16.4. The molecule has 1 aliphatic rings. The van der Waals surface area contributed by atoms with Gasteiger partial charge in [-0.25, -0.2) is 0 Å². The second kappa shape index (κ2) is 8.48. The first-order chi connectivity index (χ1) is 12.6. The van der Waals surface area contributed by atoms with Crippen molar-refractivity contribution in [1.82, 2.24) is 4.90 Å². The van der Waals surface area contributed by atoms with E-state index in [1.54, 1.807) is 30.6 Å².